The largest absolute Gasteiger partial charge is 0.327 e. The van der Waals surface area contributed by atoms with Gasteiger partial charge in [-0.1, -0.05) is 75.5 Å². The van der Waals surface area contributed by atoms with Gasteiger partial charge < -0.3 is 9.47 Å². The second-order valence-electron chi connectivity index (χ2n) is 8.53. The molecule has 3 aromatic rings. The molecule has 0 aliphatic heterocycles. The number of fused-ring (bicyclic) bond motifs is 1. The highest BCUT2D eigenvalue weighted by atomic mass is 35.5. The predicted molar refractivity (Wildman–Crippen MR) is 134 cm³/mol. The highest BCUT2D eigenvalue weighted by Crippen LogP contribution is 2.31. The number of hydrogen-bond acceptors (Lipinski definition) is 2. The lowest BCUT2D eigenvalue weighted by Crippen LogP contribution is -2.28. The van der Waals surface area contributed by atoms with E-state index in [9.17, 15) is 0 Å². The quantitative estimate of drug-likeness (QED) is 0.274. The number of hydrogen-bond donors (Lipinski definition) is 0. The van der Waals surface area contributed by atoms with Crippen molar-refractivity contribution in [3.63, 3.8) is 0 Å². The Bertz CT molecular complexity index is 911. The van der Waals surface area contributed by atoms with Crippen molar-refractivity contribution in [1.82, 2.24) is 14.5 Å². The van der Waals surface area contributed by atoms with Crippen molar-refractivity contribution in [2.24, 2.45) is 0 Å². The lowest BCUT2D eigenvalue weighted by atomic mass is 9.95. The second-order valence-corrected chi connectivity index (χ2v) is 8.96. The summed E-state index contributed by atoms with van der Waals surface area (Å²) < 4.78 is 2.45. The first-order valence-electron chi connectivity index (χ1n) is 12.1. The number of halogens is 1. The second kappa shape index (κ2) is 12.3. The van der Waals surface area contributed by atoms with Gasteiger partial charge >= 0.3 is 0 Å². The Hall–Kier alpha value is -1.84. The fraction of sp³-hybridized carbons (Fsp3) is 0.519. The SMILES string of the molecule is CCCCN(CCCC)CCCn1c(C(CC)c2ccccc2)nc2cc(Cl)ccc21. The summed E-state index contributed by atoms with van der Waals surface area (Å²) in [6, 6.07) is 16.9. The summed E-state index contributed by atoms with van der Waals surface area (Å²) in [5.74, 6) is 1.46. The summed E-state index contributed by atoms with van der Waals surface area (Å²) in [7, 11) is 0. The monoisotopic (exact) mass is 439 g/mol. The van der Waals surface area contributed by atoms with Crippen LogP contribution in [0, 0.1) is 0 Å². The third-order valence-corrected chi connectivity index (χ3v) is 6.41. The van der Waals surface area contributed by atoms with Gasteiger partial charge in [0.1, 0.15) is 5.82 Å². The van der Waals surface area contributed by atoms with Gasteiger partial charge in [0.2, 0.25) is 0 Å². The Morgan fingerprint density at radius 2 is 1.58 bits per heavy atom. The highest BCUT2D eigenvalue weighted by Gasteiger charge is 2.21. The van der Waals surface area contributed by atoms with Crippen molar-refractivity contribution < 1.29 is 0 Å². The number of aryl methyl sites for hydroxylation is 1. The molecule has 2 aromatic carbocycles. The summed E-state index contributed by atoms with van der Waals surface area (Å²) in [6.45, 7) is 11.4. The van der Waals surface area contributed by atoms with Crippen LogP contribution in [0.3, 0.4) is 0 Å². The molecule has 0 spiro atoms. The zero-order valence-corrected chi connectivity index (χ0v) is 20.2. The van der Waals surface area contributed by atoms with E-state index in [0.29, 0.717) is 5.92 Å². The van der Waals surface area contributed by atoms with Crippen LogP contribution in [0.15, 0.2) is 48.5 Å². The van der Waals surface area contributed by atoms with Gasteiger partial charge in [-0.05, 0) is 69.1 Å². The molecule has 1 heterocycles. The molecule has 1 atom stereocenters. The van der Waals surface area contributed by atoms with E-state index in [1.807, 2.05) is 12.1 Å². The summed E-state index contributed by atoms with van der Waals surface area (Å²) >= 11 is 6.30. The van der Waals surface area contributed by atoms with E-state index in [4.69, 9.17) is 16.6 Å². The number of nitrogens with zero attached hydrogens (tertiary/aromatic N) is 3. The smallest absolute Gasteiger partial charge is 0.117 e. The van der Waals surface area contributed by atoms with Crippen LogP contribution in [0.5, 0.6) is 0 Å². The Morgan fingerprint density at radius 3 is 2.23 bits per heavy atom. The normalized spacial score (nSPS) is 12.7. The molecule has 0 aliphatic carbocycles. The first-order valence-corrected chi connectivity index (χ1v) is 12.5. The molecule has 0 saturated carbocycles. The molecule has 4 heteroatoms. The van der Waals surface area contributed by atoms with Gasteiger partial charge in [-0.3, -0.25) is 0 Å². The lowest BCUT2D eigenvalue weighted by Gasteiger charge is -2.23. The first-order chi connectivity index (χ1) is 15.2. The summed E-state index contributed by atoms with van der Waals surface area (Å²) in [5.41, 5.74) is 3.54. The number of unbranched alkanes of at least 4 members (excludes halogenated alkanes) is 2. The topological polar surface area (TPSA) is 21.1 Å². The molecule has 0 aliphatic rings. The fourth-order valence-corrected chi connectivity index (χ4v) is 4.59. The van der Waals surface area contributed by atoms with Crippen LogP contribution in [-0.4, -0.2) is 34.1 Å². The molecule has 1 aromatic heterocycles. The molecule has 0 amide bonds. The van der Waals surface area contributed by atoms with Gasteiger partial charge in [0.15, 0.2) is 0 Å². The Balaban J connectivity index is 1.85. The van der Waals surface area contributed by atoms with E-state index in [0.717, 1.165) is 36.5 Å². The van der Waals surface area contributed by atoms with Crippen LogP contribution in [0.4, 0.5) is 0 Å². The van der Waals surface area contributed by atoms with Crippen molar-refractivity contribution in [3.8, 4) is 0 Å². The minimum atomic E-state index is 0.295. The van der Waals surface area contributed by atoms with Gasteiger partial charge in [-0.25, -0.2) is 4.98 Å². The molecule has 3 nitrogen and oxygen atoms in total. The molecule has 1 unspecified atom stereocenters. The van der Waals surface area contributed by atoms with Crippen LogP contribution in [0.1, 0.15) is 76.6 Å². The standard InChI is InChI=1S/C27H38ClN3/c1-4-7-17-30(18-8-5-2)19-12-20-31-26-16-15-23(28)21-25(26)29-27(31)24(6-3)22-13-10-9-11-14-22/h9-11,13-16,21,24H,4-8,12,17-20H2,1-3H3. The van der Waals surface area contributed by atoms with E-state index in [1.165, 1.54) is 55.7 Å². The Kier molecular flexibility index (Phi) is 9.42. The van der Waals surface area contributed by atoms with Gasteiger partial charge in [-0.2, -0.15) is 0 Å². The fourth-order valence-electron chi connectivity index (χ4n) is 4.43. The van der Waals surface area contributed by atoms with Crippen LogP contribution >= 0.6 is 11.6 Å². The zero-order valence-electron chi connectivity index (χ0n) is 19.5. The predicted octanol–water partition coefficient (Wildman–Crippen LogP) is 7.52. The average molecular weight is 440 g/mol. The maximum Gasteiger partial charge on any atom is 0.117 e. The average Bonchev–Trinajstić information content (AvgIpc) is 3.13. The van der Waals surface area contributed by atoms with Gasteiger partial charge in [0.05, 0.1) is 11.0 Å². The van der Waals surface area contributed by atoms with Crippen molar-refractivity contribution >= 4 is 22.6 Å². The van der Waals surface area contributed by atoms with E-state index < -0.39 is 0 Å². The van der Waals surface area contributed by atoms with Crippen molar-refractivity contribution in [2.75, 3.05) is 19.6 Å². The van der Waals surface area contributed by atoms with Crippen LogP contribution in [0.2, 0.25) is 5.02 Å². The zero-order chi connectivity index (χ0) is 22.1. The highest BCUT2D eigenvalue weighted by molar-refractivity contribution is 6.31. The minimum Gasteiger partial charge on any atom is -0.327 e. The lowest BCUT2D eigenvalue weighted by molar-refractivity contribution is 0.257. The third-order valence-electron chi connectivity index (χ3n) is 6.17. The number of rotatable bonds is 13. The maximum absolute atomic E-state index is 6.30. The Morgan fingerprint density at radius 1 is 0.903 bits per heavy atom. The molecule has 0 N–H and O–H groups in total. The molecule has 0 bridgehead atoms. The third kappa shape index (κ3) is 6.33. The van der Waals surface area contributed by atoms with E-state index >= 15 is 0 Å². The maximum atomic E-state index is 6.30. The van der Waals surface area contributed by atoms with Gasteiger partial charge in [0.25, 0.3) is 0 Å². The number of imidazole rings is 1. The molecule has 3 rings (SSSR count). The molecule has 168 valence electrons. The van der Waals surface area contributed by atoms with Crippen molar-refractivity contribution in [1.29, 1.82) is 0 Å². The van der Waals surface area contributed by atoms with Crippen LogP contribution < -0.4 is 0 Å². The van der Waals surface area contributed by atoms with E-state index in [2.05, 4.69) is 66.6 Å². The molecule has 0 radical (unpaired) electrons. The minimum absolute atomic E-state index is 0.295. The summed E-state index contributed by atoms with van der Waals surface area (Å²) in [5, 5.41) is 0.752. The molecular weight excluding hydrogens is 402 g/mol. The number of benzene rings is 2. The molecule has 0 saturated heterocycles. The first kappa shape index (κ1) is 23.8. The molecular formula is C27H38ClN3. The van der Waals surface area contributed by atoms with E-state index in [-0.39, 0.29) is 0 Å². The van der Waals surface area contributed by atoms with Crippen molar-refractivity contribution in [3.05, 3.63) is 64.9 Å². The summed E-state index contributed by atoms with van der Waals surface area (Å²) in [6.07, 6.45) is 7.25. The number of aromatic nitrogens is 2. The Labute approximate surface area is 193 Å². The molecule has 31 heavy (non-hydrogen) atoms. The van der Waals surface area contributed by atoms with Crippen LogP contribution in [-0.2, 0) is 6.54 Å². The molecule has 0 fully saturated rings. The van der Waals surface area contributed by atoms with Gasteiger partial charge in [-0.15, -0.1) is 0 Å². The van der Waals surface area contributed by atoms with Crippen molar-refractivity contribution in [2.45, 2.75) is 71.8 Å². The summed E-state index contributed by atoms with van der Waals surface area (Å²) in [4.78, 5) is 7.73. The van der Waals surface area contributed by atoms with E-state index in [1.54, 1.807) is 0 Å². The van der Waals surface area contributed by atoms with Crippen LogP contribution in [0.25, 0.3) is 11.0 Å². The van der Waals surface area contributed by atoms with Gasteiger partial charge in [0, 0.05) is 17.5 Å².